The molecule has 0 spiro atoms. The number of nitrogens with zero attached hydrogens (tertiary/aromatic N) is 5. The maximum Gasteiger partial charge on any atom is 0.142 e. The molecule has 26 heavy (non-hydrogen) atoms. The molecule has 138 valence electrons. The molecule has 2 fully saturated rings. The second kappa shape index (κ2) is 9.54. The highest BCUT2D eigenvalue weighted by Crippen LogP contribution is 2.19. The van der Waals surface area contributed by atoms with Crippen LogP contribution in [0.2, 0.25) is 0 Å². The molecule has 2 aliphatic heterocycles. The van der Waals surface area contributed by atoms with Crippen LogP contribution in [0.3, 0.4) is 0 Å². The maximum absolute atomic E-state index is 8.97. The molecule has 1 aromatic rings. The van der Waals surface area contributed by atoms with E-state index in [1.807, 2.05) is 12.1 Å². The first-order valence-electron chi connectivity index (χ1n) is 9.35. The molecule has 6 heteroatoms. The Labute approximate surface area is 156 Å². The second-order valence-electron chi connectivity index (χ2n) is 6.92. The minimum Gasteiger partial charge on any atom is -0.365 e. The summed E-state index contributed by atoms with van der Waals surface area (Å²) in [5, 5.41) is 8.97. The van der Waals surface area contributed by atoms with Gasteiger partial charge in [0, 0.05) is 39.3 Å². The quantitative estimate of drug-likeness (QED) is 0.758. The van der Waals surface area contributed by atoms with Gasteiger partial charge in [0.25, 0.3) is 0 Å². The van der Waals surface area contributed by atoms with Gasteiger partial charge in [0.2, 0.25) is 0 Å². The fourth-order valence-corrected chi connectivity index (χ4v) is 3.30. The number of pyridine rings is 1. The predicted octanol–water partition coefficient (Wildman–Crippen LogP) is 1.19. The monoisotopic (exact) mass is 353 g/mol. The van der Waals surface area contributed by atoms with Crippen molar-refractivity contribution in [2.75, 3.05) is 64.4 Å². The highest BCUT2D eigenvalue weighted by atomic mass is 16.5. The van der Waals surface area contributed by atoms with Gasteiger partial charge in [-0.15, -0.1) is 0 Å². The first-order chi connectivity index (χ1) is 12.7. The number of hydrogen-bond acceptors (Lipinski definition) is 6. The molecule has 0 aliphatic carbocycles. The summed E-state index contributed by atoms with van der Waals surface area (Å²) in [6.07, 6.45) is 2.21. The van der Waals surface area contributed by atoms with Crippen molar-refractivity contribution in [3.05, 3.63) is 23.9 Å². The van der Waals surface area contributed by atoms with E-state index in [1.54, 1.807) is 6.07 Å². The molecule has 0 amide bonds. The van der Waals surface area contributed by atoms with Crippen molar-refractivity contribution in [2.24, 2.45) is 0 Å². The Morgan fingerprint density at radius 2 is 1.88 bits per heavy atom. The van der Waals surface area contributed by atoms with Crippen LogP contribution >= 0.6 is 0 Å². The van der Waals surface area contributed by atoms with Crippen molar-refractivity contribution < 1.29 is 4.74 Å². The van der Waals surface area contributed by atoms with Crippen LogP contribution in [0.15, 0.2) is 18.2 Å². The molecule has 2 saturated heterocycles. The number of piperidine rings is 1. The number of rotatable bonds is 4. The van der Waals surface area contributed by atoms with Crippen molar-refractivity contribution in [2.45, 2.75) is 18.9 Å². The predicted molar refractivity (Wildman–Crippen MR) is 102 cm³/mol. The Kier molecular flexibility index (Phi) is 6.85. The Hall–Kier alpha value is -2.12. The summed E-state index contributed by atoms with van der Waals surface area (Å²) in [6.45, 7) is 7.63. The molecule has 6 nitrogen and oxygen atoms in total. The van der Waals surface area contributed by atoms with E-state index in [0.717, 1.165) is 64.5 Å². The standard InChI is InChI=1S/C20H27N5O/c1-23-12-14-24(15-13-23)9-2-3-16-26-19-7-10-25(11-8-19)20-6-4-5-18(17-21)22-20/h4-6,19H,7-16H2,1H3. The number of nitriles is 1. The molecule has 1 aromatic heterocycles. The lowest BCUT2D eigenvalue weighted by Crippen LogP contribution is -2.44. The van der Waals surface area contributed by atoms with Crippen molar-refractivity contribution in [3.8, 4) is 17.9 Å². The van der Waals surface area contributed by atoms with Gasteiger partial charge >= 0.3 is 0 Å². The molecular weight excluding hydrogens is 326 g/mol. The van der Waals surface area contributed by atoms with E-state index in [0.29, 0.717) is 12.3 Å². The van der Waals surface area contributed by atoms with Crippen LogP contribution in [0.4, 0.5) is 5.82 Å². The lowest BCUT2D eigenvalue weighted by Gasteiger charge is -2.32. The van der Waals surface area contributed by atoms with E-state index >= 15 is 0 Å². The normalized spacial score (nSPS) is 19.6. The average molecular weight is 353 g/mol. The largest absolute Gasteiger partial charge is 0.365 e. The van der Waals surface area contributed by atoms with Gasteiger partial charge in [-0.3, -0.25) is 4.90 Å². The number of aromatic nitrogens is 1. The van der Waals surface area contributed by atoms with Gasteiger partial charge in [0.15, 0.2) is 0 Å². The molecule has 0 atom stereocenters. The zero-order chi connectivity index (χ0) is 18.2. The van der Waals surface area contributed by atoms with Crippen LogP contribution in [0.1, 0.15) is 18.5 Å². The maximum atomic E-state index is 8.97. The third kappa shape index (κ3) is 5.44. The van der Waals surface area contributed by atoms with Gasteiger partial charge in [-0.1, -0.05) is 17.9 Å². The van der Waals surface area contributed by atoms with Crippen LogP contribution in [0.25, 0.3) is 0 Å². The van der Waals surface area contributed by atoms with E-state index in [1.165, 1.54) is 0 Å². The third-order valence-electron chi connectivity index (χ3n) is 5.03. The molecular formula is C20H27N5O. The van der Waals surface area contributed by atoms with Gasteiger partial charge in [-0.05, 0) is 32.0 Å². The summed E-state index contributed by atoms with van der Waals surface area (Å²) in [5.41, 5.74) is 0.469. The van der Waals surface area contributed by atoms with Gasteiger partial charge in [0.1, 0.15) is 24.2 Å². The molecule has 0 radical (unpaired) electrons. The van der Waals surface area contributed by atoms with Crippen molar-refractivity contribution >= 4 is 5.82 Å². The van der Waals surface area contributed by atoms with Gasteiger partial charge < -0.3 is 14.5 Å². The van der Waals surface area contributed by atoms with E-state index in [4.69, 9.17) is 10.00 Å². The number of piperazine rings is 1. The SMILES string of the molecule is CN1CCN(CC#CCOC2CCN(c3cccc(C#N)n3)CC2)CC1. The molecule has 3 rings (SSSR count). The van der Waals surface area contributed by atoms with Crippen molar-refractivity contribution in [1.29, 1.82) is 5.26 Å². The van der Waals surface area contributed by atoms with Crippen molar-refractivity contribution in [1.82, 2.24) is 14.8 Å². The summed E-state index contributed by atoms with van der Waals surface area (Å²) in [5.74, 6) is 7.28. The first kappa shape index (κ1) is 18.7. The summed E-state index contributed by atoms with van der Waals surface area (Å²) < 4.78 is 5.92. The lowest BCUT2D eigenvalue weighted by atomic mass is 10.1. The topological polar surface area (TPSA) is 55.6 Å². The molecule has 0 saturated carbocycles. The van der Waals surface area contributed by atoms with Crippen LogP contribution < -0.4 is 4.90 Å². The zero-order valence-corrected chi connectivity index (χ0v) is 15.5. The van der Waals surface area contributed by atoms with E-state index in [2.05, 4.69) is 44.6 Å². The summed E-state index contributed by atoms with van der Waals surface area (Å²) in [7, 11) is 2.17. The Balaban J connectivity index is 1.34. The van der Waals surface area contributed by atoms with E-state index in [-0.39, 0.29) is 6.10 Å². The van der Waals surface area contributed by atoms with Crippen LogP contribution in [0, 0.1) is 23.2 Å². The summed E-state index contributed by atoms with van der Waals surface area (Å²) in [4.78, 5) is 11.3. The molecule has 3 heterocycles. The van der Waals surface area contributed by atoms with Crippen LogP contribution in [0.5, 0.6) is 0 Å². The number of likely N-dealkylation sites (N-methyl/N-ethyl adjacent to an activating group) is 1. The van der Waals surface area contributed by atoms with Gasteiger partial charge in [-0.25, -0.2) is 4.98 Å². The van der Waals surface area contributed by atoms with Crippen molar-refractivity contribution in [3.63, 3.8) is 0 Å². The van der Waals surface area contributed by atoms with Crippen LogP contribution in [-0.2, 0) is 4.74 Å². The summed E-state index contributed by atoms with van der Waals surface area (Å²) in [6, 6.07) is 7.69. The molecule has 0 N–H and O–H groups in total. The minimum atomic E-state index is 0.267. The second-order valence-corrected chi connectivity index (χ2v) is 6.92. The number of hydrogen-bond donors (Lipinski definition) is 0. The fourth-order valence-electron chi connectivity index (χ4n) is 3.30. The van der Waals surface area contributed by atoms with E-state index < -0.39 is 0 Å². The smallest absolute Gasteiger partial charge is 0.142 e. The molecule has 0 unspecified atom stereocenters. The molecule has 2 aliphatic rings. The fraction of sp³-hybridized carbons (Fsp3) is 0.600. The number of ether oxygens (including phenoxy) is 1. The van der Waals surface area contributed by atoms with E-state index in [9.17, 15) is 0 Å². The Bertz CT molecular complexity index is 673. The highest BCUT2D eigenvalue weighted by Gasteiger charge is 2.20. The molecule has 0 bridgehead atoms. The number of anilines is 1. The Morgan fingerprint density at radius 1 is 1.12 bits per heavy atom. The lowest BCUT2D eigenvalue weighted by molar-refractivity contribution is 0.0593. The minimum absolute atomic E-state index is 0.267. The first-order valence-corrected chi connectivity index (χ1v) is 9.35. The Morgan fingerprint density at radius 3 is 2.62 bits per heavy atom. The van der Waals surface area contributed by atoms with Gasteiger partial charge in [0.05, 0.1) is 12.6 Å². The van der Waals surface area contributed by atoms with Gasteiger partial charge in [-0.2, -0.15) is 5.26 Å². The zero-order valence-electron chi connectivity index (χ0n) is 15.5. The summed E-state index contributed by atoms with van der Waals surface area (Å²) >= 11 is 0. The molecule has 0 aromatic carbocycles. The average Bonchev–Trinajstić information content (AvgIpc) is 2.70. The third-order valence-corrected chi connectivity index (χ3v) is 5.03. The highest BCUT2D eigenvalue weighted by molar-refractivity contribution is 5.41. The van der Waals surface area contributed by atoms with Crippen LogP contribution in [-0.4, -0.2) is 80.4 Å².